The molecule has 0 radical (unpaired) electrons. The molecule has 1 aliphatic rings. The van der Waals surface area contributed by atoms with E-state index in [0.29, 0.717) is 0 Å². The largest absolute Gasteiger partial charge is 0.478 e. The first kappa shape index (κ1) is 16.8. The zero-order valence-corrected chi connectivity index (χ0v) is 12.2. The van der Waals surface area contributed by atoms with Crippen molar-refractivity contribution in [3.8, 4) is 0 Å². The summed E-state index contributed by atoms with van der Waals surface area (Å²) in [5.74, 6) is -3.00. The first-order valence-corrected chi connectivity index (χ1v) is 7.96. The van der Waals surface area contributed by atoms with Crippen LogP contribution in [0.1, 0.15) is 23.2 Å². The molecule has 0 aliphatic carbocycles. The van der Waals surface area contributed by atoms with E-state index in [2.05, 4.69) is 0 Å². The minimum Gasteiger partial charge on any atom is -0.478 e. The van der Waals surface area contributed by atoms with Crippen molar-refractivity contribution in [2.45, 2.75) is 23.9 Å². The summed E-state index contributed by atoms with van der Waals surface area (Å²) in [5.41, 5.74) is -0.231. The van der Waals surface area contributed by atoms with Gasteiger partial charge in [0.05, 0.1) is 16.4 Å². The highest BCUT2D eigenvalue weighted by Crippen LogP contribution is 2.35. The lowest BCUT2D eigenvalue weighted by molar-refractivity contribution is -0.182. The highest BCUT2D eigenvalue weighted by molar-refractivity contribution is 7.89. The SMILES string of the molecule is O=C(O)c1cccc(S(=O)(=O)N2CCC[C@H](C(F)(F)F)C2)c1. The molecule has 0 bridgehead atoms. The third-order valence-electron chi connectivity index (χ3n) is 3.57. The summed E-state index contributed by atoms with van der Waals surface area (Å²) in [6, 6.07) is 4.60. The van der Waals surface area contributed by atoms with Crippen molar-refractivity contribution in [2.24, 2.45) is 5.92 Å². The van der Waals surface area contributed by atoms with E-state index >= 15 is 0 Å². The van der Waals surface area contributed by atoms with Gasteiger partial charge >= 0.3 is 12.1 Å². The summed E-state index contributed by atoms with van der Waals surface area (Å²) in [5, 5.41) is 8.88. The van der Waals surface area contributed by atoms with Crippen LogP contribution in [-0.2, 0) is 10.0 Å². The molecule has 2 rings (SSSR count). The Balaban J connectivity index is 2.30. The minimum absolute atomic E-state index is 0.00773. The molecule has 1 N–H and O–H groups in total. The number of alkyl halides is 3. The van der Waals surface area contributed by atoms with Crippen LogP contribution < -0.4 is 0 Å². The topological polar surface area (TPSA) is 74.7 Å². The molecule has 0 amide bonds. The normalized spacial score (nSPS) is 20.8. The molecule has 122 valence electrons. The number of hydrogen-bond acceptors (Lipinski definition) is 3. The molecule has 1 aromatic rings. The second-order valence-corrected chi connectivity index (χ2v) is 7.01. The number of rotatable bonds is 3. The molecule has 22 heavy (non-hydrogen) atoms. The number of carbonyl (C=O) groups is 1. The number of benzene rings is 1. The summed E-state index contributed by atoms with van der Waals surface area (Å²) in [7, 11) is -4.14. The van der Waals surface area contributed by atoms with Crippen LogP contribution in [0.3, 0.4) is 0 Å². The summed E-state index contributed by atoms with van der Waals surface area (Å²) >= 11 is 0. The lowest BCUT2D eigenvalue weighted by Gasteiger charge is -2.32. The zero-order chi connectivity index (χ0) is 16.5. The van der Waals surface area contributed by atoms with Crippen LogP contribution in [0, 0.1) is 5.92 Å². The van der Waals surface area contributed by atoms with Crippen molar-refractivity contribution in [3.63, 3.8) is 0 Å². The van der Waals surface area contributed by atoms with E-state index in [4.69, 9.17) is 5.11 Å². The highest BCUT2D eigenvalue weighted by Gasteiger charge is 2.44. The Labute approximate surface area is 125 Å². The maximum atomic E-state index is 12.8. The highest BCUT2D eigenvalue weighted by atomic mass is 32.2. The standard InChI is InChI=1S/C13H14F3NO4S/c14-13(15,16)10-4-2-6-17(8-10)22(20,21)11-5-1-3-9(7-11)12(18)19/h1,3,5,7,10H,2,4,6,8H2,(H,18,19)/t10-/m0/s1. The summed E-state index contributed by atoms with van der Waals surface area (Å²) < 4.78 is 63.9. The molecule has 0 spiro atoms. The Bertz CT molecular complexity index is 672. The Morgan fingerprint density at radius 3 is 2.59 bits per heavy atom. The maximum absolute atomic E-state index is 12.8. The molecule has 1 aromatic carbocycles. The molecule has 1 atom stereocenters. The fourth-order valence-electron chi connectivity index (χ4n) is 2.37. The average Bonchev–Trinajstić information content (AvgIpc) is 2.46. The Hall–Kier alpha value is -1.61. The summed E-state index contributed by atoms with van der Waals surface area (Å²) in [6.07, 6.45) is -4.44. The lowest BCUT2D eigenvalue weighted by atomic mass is 9.99. The van der Waals surface area contributed by atoms with Gasteiger partial charge in [0.1, 0.15) is 0 Å². The van der Waals surface area contributed by atoms with E-state index in [9.17, 15) is 26.4 Å². The Morgan fingerprint density at radius 2 is 2.00 bits per heavy atom. The van der Waals surface area contributed by atoms with E-state index in [-0.39, 0.29) is 29.8 Å². The molecule has 5 nitrogen and oxygen atoms in total. The van der Waals surface area contributed by atoms with Crippen molar-refractivity contribution in [1.82, 2.24) is 4.31 Å². The average molecular weight is 337 g/mol. The van der Waals surface area contributed by atoms with Crippen molar-refractivity contribution < 1.29 is 31.5 Å². The van der Waals surface area contributed by atoms with E-state index in [1.165, 1.54) is 18.2 Å². The van der Waals surface area contributed by atoms with Gasteiger partial charge in [-0.1, -0.05) is 6.07 Å². The number of sulfonamides is 1. The maximum Gasteiger partial charge on any atom is 0.393 e. The van der Waals surface area contributed by atoms with Gasteiger partial charge in [-0.15, -0.1) is 0 Å². The molecule has 1 aliphatic heterocycles. The monoisotopic (exact) mass is 337 g/mol. The van der Waals surface area contributed by atoms with Gasteiger partial charge in [0, 0.05) is 13.1 Å². The fraction of sp³-hybridized carbons (Fsp3) is 0.462. The van der Waals surface area contributed by atoms with Crippen LogP contribution in [0.2, 0.25) is 0 Å². The quantitative estimate of drug-likeness (QED) is 0.919. The third kappa shape index (κ3) is 3.41. The van der Waals surface area contributed by atoms with Crippen molar-refractivity contribution >= 4 is 16.0 Å². The van der Waals surface area contributed by atoms with Crippen molar-refractivity contribution in [1.29, 1.82) is 0 Å². The van der Waals surface area contributed by atoms with Crippen LogP contribution in [0.15, 0.2) is 29.2 Å². The van der Waals surface area contributed by atoms with Crippen molar-refractivity contribution in [3.05, 3.63) is 29.8 Å². The molecule has 9 heteroatoms. The predicted molar refractivity (Wildman–Crippen MR) is 70.9 cm³/mol. The van der Waals surface area contributed by atoms with E-state index in [0.717, 1.165) is 10.4 Å². The third-order valence-corrected chi connectivity index (χ3v) is 5.43. The lowest BCUT2D eigenvalue weighted by Crippen LogP contribution is -2.44. The molecule has 1 fully saturated rings. The molecular formula is C13H14F3NO4S. The number of piperidine rings is 1. The molecular weight excluding hydrogens is 323 g/mol. The van der Waals surface area contributed by atoms with Gasteiger partial charge in [0.2, 0.25) is 10.0 Å². The van der Waals surface area contributed by atoms with Gasteiger partial charge < -0.3 is 5.11 Å². The van der Waals surface area contributed by atoms with Gasteiger partial charge in [0.25, 0.3) is 0 Å². The smallest absolute Gasteiger partial charge is 0.393 e. The number of halogens is 3. The molecule has 0 saturated carbocycles. The number of carboxylic acids is 1. The van der Waals surface area contributed by atoms with Crippen LogP contribution in [0.5, 0.6) is 0 Å². The van der Waals surface area contributed by atoms with E-state index in [1.54, 1.807) is 0 Å². The first-order valence-electron chi connectivity index (χ1n) is 6.52. The second-order valence-electron chi connectivity index (χ2n) is 5.08. The Kier molecular flexibility index (Phi) is 4.48. The zero-order valence-electron chi connectivity index (χ0n) is 11.4. The van der Waals surface area contributed by atoms with Gasteiger partial charge in [0.15, 0.2) is 0 Å². The van der Waals surface area contributed by atoms with Crippen LogP contribution in [0.25, 0.3) is 0 Å². The number of carboxylic acid groups (broad SMARTS) is 1. The van der Waals surface area contributed by atoms with Crippen LogP contribution >= 0.6 is 0 Å². The minimum atomic E-state index is -4.45. The molecule has 1 saturated heterocycles. The number of aromatic carboxylic acids is 1. The van der Waals surface area contributed by atoms with Gasteiger partial charge in [-0.3, -0.25) is 0 Å². The summed E-state index contributed by atoms with van der Waals surface area (Å²) in [4.78, 5) is 10.6. The van der Waals surface area contributed by atoms with Gasteiger partial charge in [-0.2, -0.15) is 17.5 Å². The van der Waals surface area contributed by atoms with Crippen LogP contribution in [-0.4, -0.2) is 43.1 Å². The number of hydrogen-bond donors (Lipinski definition) is 1. The van der Waals surface area contributed by atoms with Gasteiger partial charge in [-0.25, -0.2) is 13.2 Å². The number of nitrogens with zero attached hydrogens (tertiary/aromatic N) is 1. The predicted octanol–water partition coefficient (Wildman–Crippen LogP) is 2.35. The van der Waals surface area contributed by atoms with E-state index < -0.39 is 34.6 Å². The molecule has 0 aromatic heterocycles. The van der Waals surface area contributed by atoms with Crippen molar-refractivity contribution in [2.75, 3.05) is 13.1 Å². The van der Waals surface area contributed by atoms with Gasteiger partial charge in [-0.05, 0) is 31.0 Å². The van der Waals surface area contributed by atoms with E-state index in [1.807, 2.05) is 0 Å². The Morgan fingerprint density at radius 1 is 1.32 bits per heavy atom. The summed E-state index contributed by atoms with van der Waals surface area (Å²) in [6.45, 7) is -0.644. The molecule has 1 heterocycles. The van der Waals surface area contributed by atoms with Crippen LogP contribution in [0.4, 0.5) is 13.2 Å². The molecule has 0 unspecified atom stereocenters. The fourth-order valence-corrected chi connectivity index (χ4v) is 3.94. The first-order chi connectivity index (χ1) is 10.1. The second kappa shape index (κ2) is 5.88.